The minimum Gasteiger partial charge on any atom is -0.392 e. The number of aliphatic hydroxyl groups is 1. The summed E-state index contributed by atoms with van der Waals surface area (Å²) in [4.78, 5) is 18.7. The van der Waals surface area contributed by atoms with Crippen LogP contribution in [0.3, 0.4) is 0 Å². The van der Waals surface area contributed by atoms with Crippen LogP contribution in [0, 0.1) is 0 Å². The first-order valence-electron chi connectivity index (χ1n) is 5.53. The summed E-state index contributed by atoms with van der Waals surface area (Å²) < 4.78 is 0. The summed E-state index contributed by atoms with van der Waals surface area (Å²) in [6.07, 6.45) is 4.95. The van der Waals surface area contributed by atoms with Crippen LogP contribution in [0.25, 0.3) is 11.6 Å². The summed E-state index contributed by atoms with van der Waals surface area (Å²) in [5.74, 6) is -0.144. The topological polar surface area (TPSA) is 78.0 Å². The molecule has 0 unspecified atom stereocenters. The maximum absolute atomic E-state index is 11.9. The molecule has 90 valence electrons. The summed E-state index contributed by atoms with van der Waals surface area (Å²) in [7, 11) is 0. The van der Waals surface area contributed by atoms with Gasteiger partial charge in [0.15, 0.2) is 0 Å². The number of H-pyrrole nitrogens is 1. The lowest BCUT2D eigenvalue weighted by Gasteiger charge is -2.01. The number of hydrogen-bond donors (Lipinski definition) is 3. The third-order valence-corrected chi connectivity index (χ3v) is 2.87. The lowest BCUT2D eigenvalue weighted by atomic mass is 10.0. The number of fused-ring (bicyclic) bond motifs is 1. The standard InChI is InChI=1S/C13H11N3O2/c17-6-8-1-2-12-10(3-8)11(13(18)16-12)4-9-5-14-7-15-9/h1-5,7,17H,6H2,(H,14,15)(H,16,18)/b11-4-. The molecular formula is C13H11N3O2. The number of aromatic amines is 1. The number of amides is 1. The number of nitrogens with one attached hydrogen (secondary N) is 2. The van der Waals surface area contributed by atoms with Crippen LogP contribution < -0.4 is 5.32 Å². The Hall–Kier alpha value is -2.40. The van der Waals surface area contributed by atoms with Crippen molar-refractivity contribution in [1.29, 1.82) is 0 Å². The Bertz CT molecular complexity index is 630. The molecule has 0 atom stereocenters. The fourth-order valence-corrected chi connectivity index (χ4v) is 1.98. The lowest BCUT2D eigenvalue weighted by Crippen LogP contribution is -2.03. The van der Waals surface area contributed by atoms with E-state index in [-0.39, 0.29) is 12.5 Å². The van der Waals surface area contributed by atoms with Crippen molar-refractivity contribution in [2.75, 3.05) is 5.32 Å². The highest BCUT2D eigenvalue weighted by Crippen LogP contribution is 2.33. The van der Waals surface area contributed by atoms with Crippen LogP contribution in [-0.2, 0) is 11.4 Å². The zero-order chi connectivity index (χ0) is 12.5. The summed E-state index contributed by atoms with van der Waals surface area (Å²) in [5, 5.41) is 11.9. The minimum atomic E-state index is -0.144. The van der Waals surface area contributed by atoms with E-state index in [2.05, 4.69) is 15.3 Å². The van der Waals surface area contributed by atoms with Crippen molar-refractivity contribution in [3.8, 4) is 0 Å². The predicted molar refractivity (Wildman–Crippen MR) is 67.5 cm³/mol. The molecule has 0 saturated carbocycles. The molecule has 5 nitrogen and oxygen atoms in total. The van der Waals surface area contributed by atoms with E-state index in [9.17, 15) is 4.79 Å². The third kappa shape index (κ3) is 1.70. The van der Waals surface area contributed by atoms with E-state index in [0.29, 0.717) is 5.57 Å². The SMILES string of the molecule is O=C1Nc2ccc(CO)cc2/C1=C/c1cnc[nH]1. The maximum Gasteiger partial charge on any atom is 0.256 e. The van der Waals surface area contributed by atoms with Crippen LogP contribution in [0.5, 0.6) is 0 Å². The number of carbonyl (C=O) groups excluding carboxylic acids is 1. The zero-order valence-corrected chi connectivity index (χ0v) is 9.47. The van der Waals surface area contributed by atoms with Crippen LogP contribution in [0.2, 0.25) is 0 Å². The van der Waals surface area contributed by atoms with Gasteiger partial charge in [0.25, 0.3) is 5.91 Å². The van der Waals surface area contributed by atoms with E-state index in [1.54, 1.807) is 30.7 Å². The molecule has 0 aliphatic carbocycles. The van der Waals surface area contributed by atoms with Gasteiger partial charge in [0.2, 0.25) is 0 Å². The van der Waals surface area contributed by atoms with Gasteiger partial charge in [0.05, 0.1) is 30.4 Å². The molecule has 2 heterocycles. The maximum atomic E-state index is 11.9. The van der Waals surface area contributed by atoms with Crippen LogP contribution in [0.1, 0.15) is 16.8 Å². The number of benzene rings is 1. The summed E-state index contributed by atoms with van der Waals surface area (Å²) >= 11 is 0. The molecule has 0 spiro atoms. The van der Waals surface area contributed by atoms with E-state index in [4.69, 9.17) is 5.11 Å². The van der Waals surface area contributed by atoms with E-state index < -0.39 is 0 Å². The van der Waals surface area contributed by atoms with Crippen molar-refractivity contribution < 1.29 is 9.90 Å². The average molecular weight is 241 g/mol. The van der Waals surface area contributed by atoms with Crippen LogP contribution in [0.15, 0.2) is 30.7 Å². The molecule has 0 radical (unpaired) electrons. The average Bonchev–Trinajstić information content (AvgIpc) is 2.99. The quantitative estimate of drug-likeness (QED) is 0.695. The van der Waals surface area contributed by atoms with E-state index in [0.717, 1.165) is 22.5 Å². The van der Waals surface area contributed by atoms with Gasteiger partial charge >= 0.3 is 0 Å². The number of hydrogen-bond acceptors (Lipinski definition) is 3. The first kappa shape index (κ1) is 10.7. The van der Waals surface area contributed by atoms with Gasteiger partial charge in [-0.2, -0.15) is 0 Å². The van der Waals surface area contributed by atoms with Gasteiger partial charge in [-0.25, -0.2) is 4.98 Å². The molecule has 3 N–H and O–H groups in total. The number of aromatic nitrogens is 2. The highest BCUT2D eigenvalue weighted by Gasteiger charge is 2.24. The van der Waals surface area contributed by atoms with Gasteiger partial charge in [-0.1, -0.05) is 6.07 Å². The van der Waals surface area contributed by atoms with Gasteiger partial charge in [0, 0.05) is 11.3 Å². The van der Waals surface area contributed by atoms with Crippen LogP contribution in [0.4, 0.5) is 5.69 Å². The molecule has 5 heteroatoms. The summed E-state index contributed by atoms with van der Waals surface area (Å²) in [6.45, 7) is -0.0428. The third-order valence-electron chi connectivity index (χ3n) is 2.87. The fraction of sp³-hybridized carbons (Fsp3) is 0.0769. The minimum absolute atomic E-state index is 0.0428. The Labute approximate surface area is 103 Å². The number of anilines is 1. The molecule has 3 rings (SSSR count). The molecule has 1 aromatic heterocycles. The second-order valence-electron chi connectivity index (χ2n) is 4.06. The van der Waals surface area contributed by atoms with Crippen molar-refractivity contribution in [1.82, 2.24) is 9.97 Å². The molecule has 0 saturated heterocycles. The molecule has 1 amide bonds. The molecule has 2 aromatic rings. The highest BCUT2D eigenvalue weighted by molar-refractivity contribution is 6.34. The Morgan fingerprint density at radius 2 is 2.28 bits per heavy atom. The van der Waals surface area contributed by atoms with E-state index in [1.807, 2.05) is 6.07 Å². The molecule has 1 aromatic carbocycles. The number of aliphatic hydroxyl groups excluding tert-OH is 1. The van der Waals surface area contributed by atoms with Gasteiger partial charge in [-0.15, -0.1) is 0 Å². The van der Waals surface area contributed by atoms with Gasteiger partial charge in [0.1, 0.15) is 0 Å². The van der Waals surface area contributed by atoms with E-state index in [1.165, 1.54) is 0 Å². The zero-order valence-electron chi connectivity index (χ0n) is 9.47. The molecule has 1 aliphatic rings. The monoisotopic (exact) mass is 241 g/mol. The van der Waals surface area contributed by atoms with Gasteiger partial charge in [-0.05, 0) is 23.8 Å². The molecule has 0 bridgehead atoms. The first-order chi connectivity index (χ1) is 8.78. The second kappa shape index (κ2) is 4.12. The van der Waals surface area contributed by atoms with Crippen LogP contribution in [-0.4, -0.2) is 21.0 Å². The summed E-state index contributed by atoms with van der Waals surface area (Å²) in [6, 6.07) is 5.40. The van der Waals surface area contributed by atoms with Crippen molar-refractivity contribution in [3.05, 3.63) is 47.5 Å². The predicted octanol–water partition coefficient (Wildman–Crippen LogP) is 1.39. The van der Waals surface area contributed by atoms with E-state index >= 15 is 0 Å². The Balaban J connectivity index is 2.10. The Morgan fingerprint density at radius 1 is 1.39 bits per heavy atom. The number of imidazole rings is 1. The molecule has 0 fully saturated rings. The number of nitrogens with zero attached hydrogens (tertiary/aromatic N) is 1. The molecular weight excluding hydrogens is 230 g/mol. The Morgan fingerprint density at radius 3 is 3.00 bits per heavy atom. The van der Waals surface area contributed by atoms with Gasteiger partial charge < -0.3 is 15.4 Å². The van der Waals surface area contributed by atoms with Crippen LogP contribution >= 0.6 is 0 Å². The lowest BCUT2D eigenvalue weighted by molar-refractivity contribution is -0.110. The number of rotatable bonds is 2. The Kier molecular flexibility index (Phi) is 2.46. The summed E-state index contributed by atoms with van der Waals surface area (Å²) in [5.41, 5.74) is 3.69. The van der Waals surface area contributed by atoms with Crippen molar-refractivity contribution >= 4 is 23.2 Å². The normalized spacial score (nSPS) is 15.8. The fourth-order valence-electron chi connectivity index (χ4n) is 1.98. The first-order valence-corrected chi connectivity index (χ1v) is 5.53. The van der Waals surface area contributed by atoms with Gasteiger partial charge in [-0.3, -0.25) is 4.79 Å². The second-order valence-corrected chi connectivity index (χ2v) is 4.06. The van der Waals surface area contributed by atoms with Crippen molar-refractivity contribution in [2.45, 2.75) is 6.61 Å². The molecule has 18 heavy (non-hydrogen) atoms. The smallest absolute Gasteiger partial charge is 0.256 e. The number of carbonyl (C=O) groups is 1. The highest BCUT2D eigenvalue weighted by atomic mass is 16.3. The largest absolute Gasteiger partial charge is 0.392 e. The van der Waals surface area contributed by atoms with Crippen molar-refractivity contribution in [2.24, 2.45) is 0 Å². The molecule has 1 aliphatic heterocycles. The van der Waals surface area contributed by atoms with Crippen molar-refractivity contribution in [3.63, 3.8) is 0 Å².